The zero-order valence-electron chi connectivity index (χ0n) is 19.5. The van der Waals surface area contributed by atoms with Gasteiger partial charge < -0.3 is 15.7 Å². The molecule has 1 aromatic heterocycles. The number of fused-ring (bicyclic) bond motifs is 2. The summed E-state index contributed by atoms with van der Waals surface area (Å²) < 4.78 is 1.72. The van der Waals surface area contributed by atoms with Gasteiger partial charge in [0.25, 0.3) is 5.91 Å². The van der Waals surface area contributed by atoms with E-state index in [-0.39, 0.29) is 11.7 Å². The van der Waals surface area contributed by atoms with Crippen LogP contribution in [0.4, 0.5) is 11.6 Å². The average Bonchev–Trinajstić information content (AvgIpc) is 3.31. The first-order valence-corrected chi connectivity index (χ1v) is 11.7. The number of phenolic OH excluding ortho intramolecular Hbond substituents is 1. The number of aromatic hydroxyl groups is 1. The number of carbonyl (C=O) groups excluding carboxylic acids is 1. The average molecular weight is 474 g/mol. The van der Waals surface area contributed by atoms with Crippen molar-refractivity contribution in [3.63, 3.8) is 0 Å². The van der Waals surface area contributed by atoms with E-state index in [0.717, 1.165) is 21.9 Å². The number of hydrogen-bond acceptors (Lipinski definition) is 5. The lowest BCUT2D eigenvalue weighted by atomic mass is 9.95. The molecule has 1 unspecified atom stereocenters. The topological polar surface area (TPSA) is 92.1 Å². The summed E-state index contributed by atoms with van der Waals surface area (Å²) in [4.78, 5) is 18.4. The predicted octanol–water partition coefficient (Wildman–Crippen LogP) is 5.73. The van der Waals surface area contributed by atoms with Gasteiger partial charge in [-0.2, -0.15) is 4.98 Å². The van der Waals surface area contributed by atoms with E-state index in [0.29, 0.717) is 28.7 Å². The van der Waals surface area contributed by atoms with Gasteiger partial charge in [-0.05, 0) is 47.5 Å². The molecule has 0 saturated heterocycles. The van der Waals surface area contributed by atoms with Gasteiger partial charge in [-0.1, -0.05) is 72.8 Å². The Morgan fingerprint density at radius 2 is 1.69 bits per heavy atom. The quantitative estimate of drug-likeness (QED) is 0.310. The van der Waals surface area contributed by atoms with Crippen molar-refractivity contribution in [2.75, 3.05) is 10.6 Å². The number of para-hydroxylation sites is 1. The fourth-order valence-electron chi connectivity index (χ4n) is 4.70. The lowest BCUT2D eigenvalue weighted by molar-refractivity contribution is -0.113. The number of nitrogens with zero attached hydrogens (tertiary/aromatic N) is 3. The van der Waals surface area contributed by atoms with Gasteiger partial charge in [0, 0.05) is 16.9 Å². The Morgan fingerprint density at radius 3 is 2.53 bits per heavy atom. The van der Waals surface area contributed by atoms with E-state index in [1.165, 1.54) is 0 Å². The van der Waals surface area contributed by atoms with Gasteiger partial charge in [0.1, 0.15) is 11.8 Å². The van der Waals surface area contributed by atoms with Crippen molar-refractivity contribution in [3.8, 4) is 17.1 Å². The second kappa shape index (κ2) is 8.70. The Labute approximate surface area is 207 Å². The number of phenols is 1. The molecule has 0 aliphatic carbocycles. The second-order valence-electron chi connectivity index (χ2n) is 8.71. The number of amides is 1. The Kier molecular flexibility index (Phi) is 5.22. The number of nitrogens with one attached hydrogen (secondary N) is 2. The van der Waals surface area contributed by atoms with Crippen LogP contribution in [0.25, 0.3) is 22.2 Å². The molecule has 1 amide bonds. The molecule has 1 aliphatic heterocycles. The smallest absolute Gasteiger partial charge is 0.255 e. The Morgan fingerprint density at radius 1 is 0.944 bits per heavy atom. The number of rotatable bonds is 4. The summed E-state index contributed by atoms with van der Waals surface area (Å²) in [5, 5.41) is 23.5. The van der Waals surface area contributed by atoms with E-state index in [2.05, 4.69) is 22.8 Å². The van der Waals surface area contributed by atoms with Crippen molar-refractivity contribution < 1.29 is 9.90 Å². The molecule has 7 heteroatoms. The first kappa shape index (κ1) is 21.6. The zero-order chi connectivity index (χ0) is 24.6. The first-order chi connectivity index (χ1) is 17.6. The zero-order valence-corrected chi connectivity index (χ0v) is 19.5. The summed E-state index contributed by atoms with van der Waals surface area (Å²) >= 11 is 0. The highest BCUT2D eigenvalue weighted by Crippen LogP contribution is 2.38. The molecule has 36 heavy (non-hydrogen) atoms. The molecule has 2 heterocycles. The van der Waals surface area contributed by atoms with E-state index in [1.54, 1.807) is 22.9 Å². The van der Waals surface area contributed by atoms with Crippen molar-refractivity contribution in [3.05, 3.63) is 114 Å². The SMILES string of the molecule is CC1=C(C(=O)Nc2ccccc2)C(c2cccc(O)c2)n2nc(-c3cccc4ccccc34)nc2N1. The molecule has 0 saturated carbocycles. The molecule has 1 aliphatic rings. The number of aromatic nitrogens is 3. The minimum Gasteiger partial charge on any atom is -0.508 e. The Hall–Kier alpha value is -4.91. The van der Waals surface area contributed by atoms with Gasteiger partial charge in [0.15, 0.2) is 5.82 Å². The summed E-state index contributed by atoms with van der Waals surface area (Å²) in [6, 6.07) is 29.8. The molecule has 3 N–H and O–H groups in total. The number of hydrogen-bond donors (Lipinski definition) is 3. The summed E-state index contributed by atoms with van der Waals surface area (Å²) in [5.41, 5.74) is 3.48. The standard InChI is InChI=1S/C29H23N5O2/c1-18-25(28(36)31-21-12-3-2-4-13-21)26(20-11-7-14-22(35)17-20)34-29(30-18)32-27(33-34)24-16-8-10-19-9-5-6-15-23(19)24/h2-17,26,35H,1H3,(H,31,36)(H,30,32,33). The minimum atomic E-state index is -0.590. The van der Waals surface area contributed by atoms with Crippen LogP contribution in [-0.4, -0.2) is 25.8 Å². The molecule has 1 atom stereocenters. The van der Waals surface area contributed by atoms with Crippen molar-refractivity contribution in [1.29, 1.82) is 0 Å². The van der Waals surface area contributed by atoms with Crippen molar-refractivity contribution in [1.82, 2.24) is 14.8 Å². The minimum absolute atomic E-state index is 0.113. The molecular formula is C29H23N5O2. The lowest BCUT2D eigenvalue weighted by Crippen LogP contribution is -2.31. The summed E-state index contributed by atoms with van der Waals surface area (Å²) in [7, 11) is 0. The normalized spacial score (nSPS) is 14.9. The highest BCUT2D eigenvalue weighted by atomic mass is 16.3. The van der Waals surface area contributed by atoms with Gasteiger partial charge in [0.2, 0.25) is 5.95 Å². The molecule has 0 bridgehead atoms. The van der Waals surface area contributed by atoms with E-state index in [4.69, 9.17) is 10.1 Å². The third-order valence-corrected chi connectivity index (χ3v) is 6.35. The first-order valence-electron chi connectivity index (χ1n) is 11.7. The Balaban J connectivity index is 1.49. The van der Waals surface area contributed by atoms with Crippen LogP contribution < -0.4 is 10.6 Å². The largest absolute Gasteiger partial charge is 0.508 e. The molecule has 6 rings (SSSR count). The molecular weight excluding hydrogens is 450 g/mol. The van der Waals surface area contributed by atoms with Crippen LogP contribution in [0, 0.1) is 0 Å². The van der Waals surface area contributed by atoms with Gasteiger partial charge in [0.05, 0.1) is 5.57 Å². The maximum atomic E-state index is 13.6. The fourth-order valence-corrected chi connectivity index (χ4v) is 4.70. The van der Waals surface area contributed by atoms with E-state index in [9.17, 15) is 9.90 Å². The molecule has 0 fully saturated rings. The van der Waals surface area contributed by atoms with Gasteiger partial charge in [-0.3, -0.25) is 4.79 Å². The number of anilines is 2. The number of allylic oxidation sites excluding steroid dienone is 1. The molecule has 176 valence electrons. The maximum Gasteiger partial charge on any atom is 0.255 e. The Bertz CT molecular complexity index is 1630. The van der Waals surface area contributed by atoms with Gasteiger partial charge in [-0.15, -0.1) is 5.10 Å². The number of benzene rings is 4. The molecule has 0 spiro atoms. The summed E-state index contributed by atoms with van der Waals surface area (Å²) in [6.45, 7) is 1.85. The van der Waals surface area contributed by atoms with Crippen LogP contribution >= 0.6 is 0 Å². The maximum absolute atomic E-state index is 13.6. The third-order valence-electron chi connectivity index (χ3n) is 6.35. The lowest BCUT2D eigenvalue weighted by Gasteiger charge is -2.28. The highest BCUT2D eigenvalue weighted by molar-refractivity contribution is 6.06. The summed E-state index contributed by atoms with van der Waals surface area (Å²) in [5.74, 6) is 0.937. The number of carbonyl (C=O) groups is 1. The van der Waals surface area contributed by atoms with Crippen molar-refractivity contribution in [2.24, 2.45) is 0 Å². The molecule has 5 aromatic rings. The van der Waals surface area contributed by atoms with Crippen LogP contribution in [0.15, 0.2) is 108 Å². The van der Waals surface area contributed by atoms with Gasteiger partial charge >= 0.3 is 0 Å². The fraction of sp³-hybridized carbons (Fsp3) is 0.0690. The van der Waals surface area contributed by atoms with Crippen molar-refractivity contribution in [2.45, 2.75) is 13.0 Å². The van der Waals surface area contributed by atoms with Gasteiger partial charge in [-0.25, -0.2) is 4.68 Å². The van der Waals surface area contributed by atoms with Crippen molar-refractivity contribution >= 4 is 28.3 Å². The van der Waals surface area contributed by atoms with Crippen LogP contribution in [0.2, 0.25) is 0 Å². The predicted molar refractivity (Wildman–Crippen MR) is 141 cm³/mol. The van der Waals surface area contributed by atoms with E-state index < -0.39 is 6.04 Å². The van der Waals surface area contributed by atoms with Crippen LogP contribution in [0.1, 0.15) is 18.5 Å². The third kappa shape index (κ3) is 3.76. The van der Waals surface area contributed by atoms with Crippen LogP contribution in [0.3, 0.4) is 0 Å². The summed E-state index contributed by atoms with van der Waals surface area (Å²) in [6.07, 6.45) is 0. The second-order valence-corrected chi connectivity index (χ2v) is 8.71. The molecule has 0 radical (unpaired) electrons. The van der Waals surface area contributed by atoms with E-state index in [1.807, 2.05) is 73.7 Å². The van der Waals surface area contributed by atoms with Crippen LogP contribution in [0.5, 0.6) is 5.75 Å². The monoisotopic (exact) mass is 473 g/mol. The molecule has 7 nitrogen and oxygen atoms in total. The van der Waals surface area contributed by atoms with E-state index >= 15 is 0 Å². The molecule has 4 aromatic carbocycles. The van der Waals surface area contributed by atoms with Crippen LogP contribution in [-0.2, 0) is 4.79 Å². The highest BCUT2D eigenvalue weighted by Gasteiger charge is 2.34.